The predicted molar refractivity (Wildman–Crippen MR) is 97.0 cm³/mol. The summed E-state index contributed by atoms with van der Waals surface area (Å²) in [7, 11) is 0.690. The molecule has 134 valence electrons. The lowest BCUT2D eigenvalue weighted by Crippen LogP contribution is -3.15. The first-order valence-corrected chi connectivity index (χ1v) is 9.86. The number of sulfonamides is 1. The number of nitrogens with one attached hydrogen (secondary N) is 2. The van der Waals surface area contributed by atoms with Gasteiger partial charge in [0.25, 0.3) is 0 Å². The number of nitrogens with zero attached hydrogens (tertiary/aromatic N) is 1. The molecule has 6 nitrogen and oxygen atoms in total. The summed E-state index contributed by atoms with van der Waals surface area (Å²) in [6.07, 6.45) is 1.41. The van der Waals surface area contributed by atoms with Gasteiger partial charge in [0.1, 0.15) is 19.1 Å². The Morgan fingerprint density at radius 3 is 2.46 bits per heavy atom. The van der Waals surface area contributed by atoms with Crippen molar-refractivity contribution in [3.8, 4) is 0 Å². The number of quaternary nitrogens is 1. The summed E-state index contributed by atoms with van der Waals surface area (Å²) in [5.41, 5.74) is 2.26. The van der Waals surface area contributed by atoms with Crippen LogP contribution in [-0.4, -0.2) is 61.1 Å². The highest BCUT2D eigenvalue weighted by molar-refractivity contribution is 7.89. The molecule has 1 aliphatic rings. The largest absolute Gasteiger partial charge is 0.378 e. The van der Waals surface area contributed by atoms with Crippen LogP contribution in [0.25, 0.3) is 0 Å². The molecule has 24 heavy (non-hydrogen) atoms. The smallest absolute Gasteiger partial charge is 0.215 e. The standard InChI is InChI=1S/C17H27N3O3S/c1-4-13-24(21,22)18-14-17(20-9-11-23-12-10-20)15-5-7-16(8-6-15)19(2)3/h4-8,17-18H,1,9-14H2,2-3H3/p+1/t17-/m0/s1. The highest BCUT2D eigenvalue weighted by Gasteiger charge is 2.27. The van der Waals surface area contributed by atoms with Gasteiger partial charge in [-0.15, -0.1) is 6.58 Å². The van der Waals surface area contributed by atoms with Gasteiger partial charge in [0.15, 0.2) is 0 Å². The zero-order valence-electron chi connectivity index (χ0n) is 14.5. The lowest BCUT2D eigenvalue weighted by atomic mass is 10.0. The van der Waals surface area contributed by atoms with E-state index in [1.165, 1.54) is 11.0 Å². The highest BCUT2D eigenvalue weighted by Crippen LogP contribution is 2.16. The second-order valence-corrected chi connectivity index (χ2v) is 8.08. The van der Waals surface area contributed by atoms with Crippen molar-refractivity contribution in [2.75, 3.05) is 57.6 Å². The summed E-state index contributed by atoms with van der Waals surface area (Å²) in [5.74, 6) is -0.0578. The van der Waals surface area contributed by atoms with Gasteiger partial charge in [0.05, 0.1) is 25.5 Å². The molecule has 0 aromatic heterocycles. The molecule has 0 spiro atoms. The fourth-order valence-corrected chi connectivity index (χ4v) is 3.76. The second kappa shape index (κ2) is 8.62. The summed E-state index contributed by atoms with van der Waals surface area (Å²) in [6, 6.07) is 8.39. The van der Waals surface area contributed by atoms with Gasteiger partial charge in [-0.2, -0.15) is 0 Å². The SMILES string of the molecule is C=CCS(=O)(=O)NC[C@@H](c1ccc(N(C)C)cc1)[NH+]1CCOCC1. The van der Waals surface area contributed by atoms with Crippen molar-refractivity contribution >= 4 is 15.7 Å². The van der Waals surface area contributed by atoms with Gasteiger partial charge in [0.2, 0.25) is 10.0 Å². The van der Waals surface area contributed by atoms with Crippen molar-refractivity contribution in [1.29, 1.82) is 0 Å². The first-order chi connectivity index (χ1) is 11.4. The molecule has 2 rings (SSSR count). The zero-order chi connectivity index (χ0) is 17.6. The van der Waals surface area contributed by atoms with Crippen LogP contribution in [0.2, 0.25) is 0 Å². The van der Waals surface area contributed by atoms with Crippen LogP contribution in [0.4, 0.5) is 5.69 Å². The Kier molecular flexibility index (Phi) is 6.79. The summed E-state index contributed by atoms with van der Waals surface area (Å²) < 4.78 is 32.1. The maximum absolute atomic E-state index is 12.0. The van der Waals surface area contributed by atoms with Crippen LogP contribution >= 0.6 is 0 Å². The van der Waals surface area contributed by atoms with E-state index in [0.717, 1.165) is 24.3 Å². The number of morpholine rings is 1. The zero-order valence-corrected chi connectivity index (χ0v) is 15.3. The van der Waals surface area contributed by atoms with Crippen molar-refractivity contribution < 1.29 is 18.1 Å². The molecule has 1 saturated heterocycles. The van der Waals surface area contributed by atoms with Crippen molar-refractivity contribution in [3.05, 3.63) is 42.5 Å². The number of rotatable bonds is 8. The summed E-state index contributed by atoms with van der Waals surface area (Å²) >= 11 is 0. The fraction of sp³-hybridized carbons (Fsp3) is 0.529. The molecule has 1 atom stereocenters. The van der Waals surface area contributed by atoms with E-state index in [1.807, 2.05) is 19.0 Å². The van der Waals surface area contributed by atoms with Crippen LogP contribution in [-0.2, 0) is 14.8 Å². The Morgan fingerprint density at radius 2 is 1.92 bits per heavy atom. The van der Waals surface area contributed by atoms with Gasteiger partial charge in [0, 0.05) is 25.3 Å². The molecule has 2 N–H and O–H groups in total. The minimum Gasteiger partial charge on any atom is -0.378 e. The van der Waals surface area contributed by atoms with Crippen molar-refractivity contribution in [3.63, 3.8) is 0 Å². The summed E-state index contributed by atoms with van der Waals surface area (Å²) in [4.78, 5) is 3.40. The maximum Gasteiger partial charge on any atom is 0.215 e. The molecule has 0 amide bonds. The molecule has 0 saturated carbocycles. The van der Waals surface area contributed by atoms with Crippen molar-refractivity contribution in [2.24, 2.45) is 0 Å². The average molecular weight is 354 g/mol. The van der Waals surface area contributed by atoms with Crippen molar-refractivity contribution in [1.82, 2.24) is 4.72 Å². The Morgan fingerprint density at radius 1 is 1.29 bits per heavy atom. The van der Waals surface area contributed by atoms with Crippen LogP contribution in [0, 0.1) is 0 Å². The Balaban J connectivity index is 2.17. The van der Waals surface area contributed by atoms with Gasteiger partial charge in [-0.3, -0.25) is 0 Å². The van der Waals surface area contributed by atoms with Crippen molar-refractivity contribution in [2.45, 2.75) is 6.04 Å². The molecule has 0 aliphatic carbocycles. The minimum absolute atomic E-state index is 0.0578. The molecule has 1 aromatic rings. The lowest BCUT2D eigenvalue weighted by Gasteiger charge is -2.32. The van der Waals surface area contributed by atoms with E-state index in [1.54, 1.807) is 0 Å². The second-order valence-electron chi connectivity index (χ2n) is 6.23. The van der Waals surface area contributed by atoms with E-state index >= 15 is 0 Å². The topological polar surface area (TPSA) is 63.1 Å². The summed E-state index contributed by atoms with van der Waals surface area (Å²) in [6.45, 7) is 7.06. The van der Waals surface area contributed by atoms with E-state index < -0.39 is 10.0 Å². The molecule has 1 aliphatic heterocycles. The number of hydrogen-bond acceptors (Lipinski definition) is 4. The predicted octanol–water partition coefficient (Wildman–Crippen LogP) is -0.186. The first kappa shape index (κ1) is 18.9. The third-order valence-electron chi connectivity index (χ3n) is 4.28. The van der Waals surface area contributed by atoms with Gasteiger partial charge < -0.3 is 14.5 Å². The number of ether oxygens (including phenoxy) is 1. The van der Waals surface area contributed by atoms with E-state index in [2.05, 4.69) is 35.6 Å². The van der Waals surface area contributed by atoms with Crippen LogP contribution in [0.5, 0.6) is 0 Å². The van der Waals surface area contributed by atoms with Gasteiger partial charge in [-0.1, -0.05) is 18.2 Å². The molecule has 0 unspecified atom stereocenters. The van der Waals surface area contributed by atoms with E-state index in [9.17, 15) is 8.42 Å². The van der Waals surface area contributed by atoms with Crippen LogP contribution in [0.1, 0.15) is 11.6 Å². The number of anilines is 1. The normalized spacial score (nSPS) is 17.4. The van der Waals surface area contributed by atoms with Crippen LogP contribution < -0.4 is 14.5 Å². The number of benzene rings is 1. The van der Waals surface area contributed by atoms with Gasteiger partial charge in [-0.25, -0.2) is 13.1 Å². The van der Waals surface area contributed by atoms with E-state index in [-0.39, 0.29) is 11.8 Å². The molecule has 1 heterocycles. The first-order valence-electron chi connectivity index (χ1n) is 8.21. The Bertz CT molecular complexity index is 623. The quantitative estimate of drug-likeness (QED) is 0.636. The van der Waals surface area contributed by atoms with Crippen LogP contribution in [0.3, 0.4) is 0 Å². The molecule has 7 heteroatoms. The monoisotopic (exact) mass is 354 g/mol. The third kappa shape index (κ3) is 5.31. The molecule has 1 fully saturated rings. The fourth-order valence-electron chi connectivity index (χ4n) is 2.91. The molecule has 0 radical (unpaired) electrons. The molecular weight excluding hydrogens is 326 g/mol. The Hall–Kier alpha value is -1.41. The van der Waals surface area contributed by atoms with Gasteiger partial charge in [-0.05, 0) is 12.1 Å². The van der Waals surface area contributed by atoms with Crippen LogP contribution in [0.15, 0.2) is 36.9 Å². The molecule has 0 bridgehead atoms. The number of hydrogen-bond donors (Lipinski definition) is 2. The maximum atomic E-state index is 12.0. The average Bonchev–Trinajstić information content (AvgIpc) is 2.56. The van der Waals surface area contributed by atoms with Gasteiger partial charge >= 0.3 is 0 Å². The third-order valence-corrected chi connectivity index (χ3v) is 5.57. The minimum atomic E-state index is -3.32. The van der Waals surface area contributed by atoms with E-state index in [0.29, 0.717) is 19.8 Å². The molecule has 1 aromatic carbocycles. The van der Waals surface area contributed by atoms with E-state index in [4.69, 9.17) is 4.74 Å². The Labute approximate surface area is 145 Å². The lowest BCUT2D eigenvalue weighted by molar-refractivity contribution is -0.937. The molecular formula is C17H28N3O3S+. The highest BCUT2D eigenvalue weighted by atomic mass is 32.2. The summed E-state index contributed by atoms with van der Waals surface area (Å²) in [5, 5.41) is 0.